The highest BCUT2D eigenvalue weighted by Crippen LogP contribution is 2.36. The summed E-state index contributed by atoms with van der Waals surface area (Å²) in [4.78, 5) is -0.187. The van der Waals surface area contributed by atoms with Crippen LogP contribution in [0.4, 0.5) is 0 Å². The zero-order chi connectivity index (χ0) is 13.6. The van der Waals surface area contributed by atoms with Gasteiger partial charge in [0.05, 0.1) is 7.11 Å². The maximum Gasteiger partial charge on any atom is 0.298 e. The Balaban J connectivity index is 2.32. The van der Waals surface area contributed by atoms with Gasteiger partial charge in [-0.15, -0.1) is 0 Å². The Bertz CT molecular complexity index is 766. The minimum absolute atomic E-state index is 0.167. The molecule has 0 unspecified atom stereocenters. The molecule has 0 amide bonds. The van der Waals surface area contributed by atoms with Crippen LogP contribution in [0.15, 0.2) is 29.2 Å². The molecule has 0 saturated heterocycles. The molecule has 100 valence electrons. The van der Waals surface area contributed by atoms with Gasteiger partial charge in [0.2, 0.25) is 0 Å². The van der Waals surface area contributed by atoms with E-state index in [9.17, 15) is 13.0 Å². The molecule has 0 aromatic heterocycles. The van der Waals surface area contributed by atoms with Gasteiger partial charge in [-0.25, -0.2) is 0 Å². The third-order valence-electron chi connectivity index (χ3n) is 3.23. The number of ether oxygens (including phenoxy) is 1. The minimum atomic E-state index is -4.28. The number of thioether (sulfide) groups is 1. The minimum Gasteiger partial charge on any atom is -0.495 e. The van der Waals surface area contributed by atoms with Gasteiger partial charge in [0.15, 0.2) is 0 Å². The van der Waals surface area contributed by atoms with E-state index >= 15 is 0 Å². The van der Waals surface area contributed by atoms with E-state index in [0.29, 0.717) is 0 Å². The molecule has 6 heteroatoms. The van der Waals surface area contributed by atoms with Crippen LogP contribution in [0, 0.1) is 0 Å². The molecule has 4 nitrogen and oxygen atoms in total. The van der Waals surface area contributed by atoms with Crippen molar-refractivity contribution in [2.45, 2.75) is 16.4 Å². The Hall–Kier alpha value is -1.24. The third kappa shape index (κ3) is 2.20. The van der Waals surface area contributed by atoms with Gasteiger partial charge in [0.25, 0.3) is 10.1 Å². The fourth-order valence-electron chi connectivity index (χ4n) is 2.30. The van der Waals surface area contributed by atoms with Gasteiger partial charge in [-0.05, 0) is 46.2 Å². The quantitative estimate of drug-likeness (QED) is 0.863. The lowest BCUT2D eigenvalue weighted by molar-refractivity contribution is 0.398. The summed E-state index contributed by atoms with van der Waals surface area (Å²) in [7, 11) is -2.89. The molecule has 2 aromatic carbocycles. The molecule has 0 radical (unpaired) electrons. The second-order valence-electron chi connectivity index (χ2n) is 4.44. The maximum atomic E-state index is 11.4. The predicted octanol–water partition coefficient (Wildman–Crippen LogP) is 2.84. The molecule has 1 aliphatic heterocycles. The van der Waals surface area contributed by atoms with E-state index in [1.807, 2.05) is 17.8 Å². The molecular formula is C13H12O4S2. The van der Waals surface area contributed by atoms with Crippen molar-refractivity contribution in [3.05, 3.63) is 35.4 Å². The predicted molar refractivity (Wildman–Crippen MR) is 75.3 cm³/mol. The molecule has 1 heterocycles. The molecule has 0 bridgehead atoms. The van der Waals surface area contributed by atoms with E-state index < -0.39 is 10.1 Å². The Kier molecular flexibility index (Phi) is 2.96. The fraction of sp³-hybridized carbons (Fsp3) is 0.231. The zero-order valence-electron chi connectivity index (χ0n) is 10.2. The normalized spacial score (nSPS) is 14.6. The molecule has 0 saturated carbocycles. The van der Waals surface area contributed by atoms with Crippen LogP contribution in [0.25, 0.3) is 10.8 Å². The van der Waals surface area contributed by atoms with Crippen LogP contribution >= 0.6 is 11.8 Å². The lowest BCUT2D eigenvalue weighted by atomic mass is 10.0. The van der Waals surface area contributed by atoms with Crippen LogP contribution in [0.5, 0.6) is 5.75 Å². The Morgan fingerprint density at radius 2 is 1.68 bits per heavy atom. The highest BCUT2D eigenvalue weighted by Gasteiger charge is 2.19. The summed E-state index contributed by atoms with van der Waals surface area (Å²) in [6, 6.07) is 7.16. The summed E-state index contributed by atoms with van der Waals surface area (Å²) in [6.07, 6.45) is 0. The van der Waals surface area contributed by atoms with Crippen LogP contribution in [0.1, 0.15) is 11.1 Å². The van der Waals surface area contributed by atoms with E-state index in [1.165, 1.54) is 24.3 Å². The molecule has 3 rings (SSSR count). The van der Waals surface area contributed by atoms with E-state index in [2.05, 4.69) is 6.07 Å². The second-order valence-corrected chi connectivity index (χ2v) is 6.81. The van der Waals surface area contributed by atoms with Crippen LogP contribution in [0.3, 0.4) is 0 Å². The van der Waals surface area contributed by atoms with Gasteiger partial charge in [0, 0.05) is 11.5 Å². The van der Waals surface area contributed by atoms with Crippen molar-refractivity contribution >= 4 is 32.7 Å². The van der Waals surface area contributed by atoms with Gasteiger partial charge in [0.1, 0.15) is 10.6 Å². The van der Waals surface area contributed by atoms with Gasteiger partial charge in [-0.3, -0.25) is 4.55 Å². The molecule has 19 heavy (non-hydrogen) atoms. The average molecular weight is 296 g/mol. The number of methoxy groups -OCH3 is 1. The Morgan fingerprint density at radius 3 is 2.21 bits per heavy atom. The van der Waals surface area contributed by atoms with Crippen LogP contribution in [-0.4, -0.2) is 20.1 Å². The van der Waals surface area contributed by atoms with E-state index in [0.717, 1.165) is 22.3 Å². The first-order valence-electron chi connectivity index (χ1n) is 5.68. The van der Waals surface area contributed by atoms with Crippen LogP contribution in [-0.2, 0) is 21.6 Å². The lowest BCUT2D eigenvalue weighted by Gasteiger charge is -2.09. The number of benzene rings is 2. The molecule has 0 spiro atoms. The molecule has 2 aromatic rings. The molecule has 0 aliphatic carbocycles. The second kappa shape index (κ2) is 4.40. The summed E-state index contributed by atoms with van der Waals surface area (Å²) in [5, 5.41) is 1.72. The molecular weight excluding hydrogens is 284 g/mol. The monoisotopic (exact) mass is 296 g/mol. The average Bonchev–Trinajstić information content (AvgIpc) is 2.80. The third-order valence-corrected chi connectivity index (χ3v) is 5.14. The van der Waals surface area contributed by atoms with Crippen molar-refractivity contribution in [1.82, 2.24) is 0 Å². The van der Waals surface area contributed by atoms with E-state index in [-0.39, 0.29) is 10.6 Å². The van der Waals surface area contributed by atoms with Crippen molar-refractivity contribution < 1.29 is 17.7 Å². The van der Waals surface area contributed by atoms with Crippen molar-refractivity contribution in [2.24, 2.45) is 0 Å². The summed E-state index contributed by atoms with van der Waals surface area (Å²) in [5.74, 6) is 2.09. The summed E-state index contributed by atoms with van der Waals surface area (Å²) < 4.78 is 37.0. The standard InChI is InChI=1S/C13H12O4S2/c1-17-12-4-8-2-10-6-18-7-11(10)3-9(8)5-13(12)19(14,15)16/h2-5H,6-7H2,1H3,(H,14,15,16). The highest BCUT2D eigenvalue weighted by atomic mass is 32.2. The van der Waals surface area contributed by atoms with Crippen molar-refractivity contribution in [3.63, 3.8) is 0 Å². The van der Waals surface area contributed by atoms with E-state index in [1.54, 1.807) is 6.07 Å². The maximum absolute atomic E-state index is 11.4. The Labute approximate surface area is 115 Å². The summed E-state index contributed by atoms with van der Waals surface area (Å²) in [6.45, 7) is 0. The zero-order valence-corrected chi connectivity index (χ0v) is 11.8. The number of fused-ring (bicyclic) bond motifs is 2. The number of hydrogen-bond donors (Lipinski definition) is 1. The van der Waals surface area contributed by atoms with Crippen LogP contribution < -0.4 is 4.74 Å². The molecule has 0 atom stereocenters. The number of rotatable bonds is 2. The summed E-state index contributed by atoms with van der Waals surface area (Å²) >= 11 is 1.83. The molecule has 0 fully saturated rings. The van der Waals surface area contributed by atoms with Gasteiger partial charge in [-0.1, -0.05) is 0 Å². The largest absolute Gasteiger partial charge is 0.495 e. The number of hydrogen-bond acceptors (Lipinski definition) is 4. The first-order valence-corrected chi connectivity index (χ1v) is 8.27. The summed E-state index contributed by atoms with van der Waals surface area (Å²) in [5.41, 5.74) is 2.50. The SMILES string of the molecule is COc1cc2cc3c(cc2cc1S(=O)(=O)O)CSC3. The van der Waals surface area contributed by atoms with Gasteiger partial charge in [-0.2, -0.15) is 20.2 Å². The van der Waals surface area contributed by atoms with Gasteiger partial charge < -0.3 is 4.74 Å². The van der Waals surface area contributed by atoms with Crippen molar-refractivity contribution in [1.29, 1.82) is 0 Å². The van der Waals surface area contributed by atoms with Crippen molar-refractivity contribution in [3.8, 4) is 5.75 Å². The fourth-order valence-corrected chi connectivity index (χ4v) is 4.05. The first-order chi connectivity index (χ1) is 8.99. The topological polar surface area (TPSA) is 63.6 Å². The Morgan fingerprint density at radius 1 is 1.11 bits per heavy atom. The van der Waals surface area contributed by atoms with Crippen molar-refractivity contribution in [2.75, 3.05) is 7.11 Å². The molecule has 1 N–H and O–H groups in total. The van der Waals surface area contributed by atoms with E-state index in [4.69, 9.17) is 4.74 Å². The van der Waals surface area contributed by atoms with Crippen LogP contribution in [0.2, 0.25) is 0 Å². The highest BCUT2D eigenvalue weighted by molar-refractivity contribution is 7.98. The molecule has 1 aliphatic rings. The first kappa shape index (κ1) is 12.8. The van der Waals surface area contributed by atoms with Gasteiger partial charge >= 0.3 is 0 Å². The lowest BCUT2D eigenvalue weighted by Crippen LogP contribution is -2.01. The smallest absolute Gasteiger partial charge is 0.298 e.